The van der Waals surface area contributed by atoms with Gasteiger partial charge in [-0.2, -0.15) is 0 Å². The molecule has 1 N–H and O–H groups in total. The normalized spacial score (nSPS) is 19.4. The van der Waals surface area contributed by atoms with Crippen molar-refractivity contribution in [2.45, 2.75) is 65.5 Å². The van der Waals surface area contributed by atoms with Crippen LogP contribution in [0.3, 0.4) is 0 Å². The van der Waals surface area contributed by atoms with Crippen LogP contribution in [0.2, 0.25) is 0 Å². The number of piperazine rings is 1. The maximum absolute atomic E-state index is 14.5. The average Bonchev–Trinajstić information content (AvgIpc) is 3.37. The summed E-state index contributed by atoms with van der Waals surface area (Å²) >= 11 is 0. The molecule has 7 heteroatoms. The Morgan fingerprint density at radius 1 is 1.18 bits per heavy atom. The largest absolute Gasteiger partial charge is 0.337 e. The van der Waals surface area contributed by atoms with E-state index >= 15 is 0 Å². The van der Waals surface area contributed by atoms with Crippen LogP contribution in [-0.2, 0) is 17.8 Å². The molecular formula is C27H35FN4O2. The van der Waals surface area contributed by atoms with Crippen LogP contribution in [0.4, 0.5) is 10.1 Å². The second-order valence-electron chi connectivity index (χ2n) is 9.68. The maximum Gasteiger partial charge on any atom is 0.257 e. The number of benzene rings is 1. The molecule has 34 heavy (non-hydrogen) atoms. The number of nitrogens with one attached hydrogen (secondary N) is 1. The van der Waals surface area contributed by atoms with Crippen molar-refractivity contribution in [3.63, 3.8) is 0 Å². The second-order valence-corrected chi connectivity index (χ2v) is 9.68. The zero-order valence-electron chi connectivity index (χ0n) is 20.4. The number of carbonyl (C=O) groups is 2. The summed E-state index contributed by atoms with van der Waals surface area (Å²) in [6.07, 6.45) is 6.70. The summed E-state index contributed by atoms with van der Waals surface area (Å²) in [4.78, 5) is 34.2. The number of aryl methyl sites for hydroxylation is 1. The van der Waals surface area contributed by atoms with Gasteiger partial charge in [-0.25, -0.2) is 4.39 Å². The topological polar surface area (TPSA) is 65.5 Å². The molecule has 1 aliphatic heterocycles. The van der Waals surface area contributed by atoms with Crippen LogP contribution in [0.15, 0.2) is 30.5 Å². The third-order valence-electron chi connectivity index (χ3n) is 7.27. The minimum Gasteiger partial charge on any atom is -0.337 e. The van der Waals surface area contributed by atoms with E-state index in [9.17, 15) is 14.0 Å². The molecular weight excluding hydrogens is 431 g/mol. The first-order valence-electron chi connectivity index (χ1n) is 12.4. The first-order valence-corrected chi connectivity index (χ1v) is 12.4. The Morgan fingerprint density at radius 3 is 2.59 bits per heavy atom. The van der Waals surface area contributed by atoms with Crippen molar-refractivity contribution in [3.05, 3.63) is 58.7 Å². The number of anilines is 1. The number of halogens is 1. The summed E-state index contributed by atoms with van der Waals surface area (Å²) in [5.41, 5.74) is 3.53. The van der Waals surface area contributed by atoms with E-state index in [4.69, 9.17) is 0 Å². The molecule has 1 saturated carbocycles. The highest BCUT2D eigenvalue weighted by molar-refractivity contribution is 6.04. The van der Waals surface area contributed by atoms with Gasteiger partial charge < -0.3 is 10.2 Å². The lowest BCUT2D eigenvalue weighted by atomic mass is 10.0. The molecule has 4 rings (SSSR count). The molecule has 182 valence electrons. The molecule has 0 bridgehead atoms. The molecule has 1 aromatic heterocycles. The summed E-state index contributed by atoms with van der Waals surface area (Å²) < 4.78 is 14.5. The van der Waals surface area contributed by atoms with Gasteiger partial charge in [-0.05, 0) is 68.5 Å². The number of hydrogen-bond acceptors (Lipinski definition) is 4. The number of pyridine rings is 1. The van der Waals surface area contributed by atoms with Crippen molar-refractivity contribution in [1.82, 2.24) is 14.8 Å². The van der Waals surface area contributed by atoms with E-state index in [1.807, 2.05) is 24.8 Å². The zero-order chi connectivity index (χ0) is 24.2. The first-order chi connectivity index (χ1) is 16.4. The monoisotopic (exact) mass is 466 g/mol. The number of hydrogen-bond donors (Lipinski definition) is 1. The molecule has 1 aliphatic carbocycles. The summed E-state index contributed by atoms with van der Waals surface area (Å²) in [5, 5.41) is 2.85. The van der Waals surface area contributed by atoms with Gasteiger partial charge in [0.25, 0.3) is 5.91 Å². The van der Waals surface area contributed by atoms with Crippen molar-refractivity contribution >= 4 is 17.5 Å². The minimum absolute atomic E-state index is 0.133. The Bertz CT molecular complexity index is 1030. The number of nitrogens with zero attached hydrogens (tertiary/aromatic N) is 3. The molecule has 1 unspecified atom stereocenters. The van der Waals surface area contributed by atoms with Crippen LogP contribution in [0.25, 0.3) is 0 Å². The van der Waals surface area contributed by atoms with Gasteiger partial charge >= 0.3 is 0 Å². The molecule has 2 fully saturated rings. The van der Waals surface area contributed by atoms with E-state index in [0.29, 0.717) is 30.2 Å². The molecule has 2 heterocycles. The molecule has 1 atom stereocenters. The van der Waals surface area contributed by atoms with E-state index in [1.54, 1.807) is 18.3 Å². The third kappa shape index (κ3) is 5.46. The van der Waals surface area contributed by atoms with Crippen molar-refractivity contribution in [3.8, 4) is 0 Å². The Morgan fingerprint density at radius 2 is 1.94 bits per heavy atom. The van der Waals surface area contributed by atoms with Gasteiger partial charge in [0.2, 0.25) is 5.91 Å². The molecule has 0 spiro atoms. The highest BCUT2D eigenvalue weighted by Gasteiger charge is 2.33. The van der Waals surface area contributed by atoms with E-state index in [-0.39, 0.29) is 23.7 Å². The number of aromatic nitrogens is 1. The van der Waals surface area contributed by atoms with E-state index in [0.717, 1.165) is 62.0 Å². The molecule has 0 radical (unpaired) electrons. The first kappa shape index (κ1) is 24.3. The lowest BCUT2D eigenvalue weighted by Crippen LogP contribution is -2.54. The Hall–Kier alpha value is -2.80. The van der Waals surface area contributed by atoms with E-state index < -0.39 is 0 Å². The molecule has 2 aromatic rings. The molecule has 6 nitrogen and oxygen atoms in total. The smallest absolute Gasteiger partial charge is 0.257 e. The predicted molar refractivity (Wildman–Crippen MR) is 131 cm³/mol. The van der Waals surface area contributed by atoms with Crippen LogP contribution in [0, 0.1) is 18.7 Å². The van der Waals surface area contributed by atoms with E-state index in [2.05, 4.69) is 22.1 Å². The summed E-state index contributed by atoms with van der Waals surface area (Å²) in [6, 6.07) is 6.62. The van der Waals surface area contributed by atoms with Crippen LogP contribution in [0.1, 0.15) is 66.7 Å². The fourth-order valence-corrected chi connectivity index (χ4v) is 5.14. The van der Waals surface area contributed by atoms with Gasteiger partial charge in [0, 0.05) is 55.7 Å². The van der Waals surface area contributed by atoms with Crippen molar-refractivity contribution in [2.75, 3.05) is 25.0 Å². The fourth-order valence-electron chi connectivity index (χ4n) is 5.14. The predicted octanol–water partition coefficient (Wildman–Crippen LogP) is 4.57. The van der Waals surface area contributed by atoms with Gasteiger partial charge in [0.05, 0.1) is 5.56 Å². The van der Waals surface area contributed by atoms with Gasteiger partial charge in [-0.1, -0.05) is 19.8 Å². The van der Waals surface area contributed by atoms with Crippen LogP contribution in [0.5, 0.6) is 0 Å². The lowest BCUT2D eigenvalue weighted by molar-refractivity contribution is -0.140. The quantitative estimate of drug-likeness (QED) is 0.678. The molecule has 2 aliphatic rings. The van der Waals surface area contributed by atoms with Gasteiger partial charge in [0.1, 0.15) is 5.82 Å². The average molecular weight is 467 g/mol. The minimum atomic E-state index is -0.376. The third-order valence-corrected chi connectivity index (χ3v) is 7.27. The standard InChI is InChI=1S/C27H35FN4O2/c1-4-24-10-9-21(15-29-24)26(33)30-25-14-23(28)13-22(19(25)3)17-31-11-12-32(18(2)16-31)27(34)20-7-5-6-8-20/h9-10,13-15,18,20H,4-8,11-12,16-17H2,1-3H3,(H,30,33). The van der Waals surface area contributed by atoms with Crippen molar-refractivity contribution < 1.29 is 14.0 Å². The highest BCUT2D eigenvalue weighted by Crippen LogP contribution is 2.29. The van der Waals surface area contributed by atoms with Gasteiger partial charge in [0.15, 0.2) is 0 Å². The SMILES string of the molecule is CCc1ccc(C(=O)Nc2cc(F)cc(CN3CCN(C(=O)C4CCCC4)C(C)C3)c2C)cn1. The van der Waals surface area contributed by atoms with Crippen molar-refractivity contribution in [1.29, 1.82) is 0 Å². The molecule has 2 amide bonds. The lowest BCUT2D eigenvalue weighted by Gasteiger charge is -2.41. The summed E-state index contributed by atoms with van der Waals surface area (Å²) in [7, 11) is 0. The number of carbonyl (C=O) groups excluding carboxylic acids is 2. The second kappa shape index (κ2) is 10.6. The van der Waals surface area contributed by atoms with Gasteiger partial charge in [-0.3, -0.25) is 19.5 Å². The fraction of sp³-hybridized carbons (Fsp3) is 0.519. The number of amides is 2. The summed E-state index contributed by atoms with van der Waals surface area (Å²) in [5.74, 6) is -0.182. The zero-order valence-corrected chi connectivity index (χ0v) is 20.4. The van der Waals surface area contributed by atoms with Crippen LogP contribution >= 0.6 is 0 Å². The molecule has 1 saturated heterocycles. The van der Waals surface area contributed by atoms with Crippen LogP contribution < -0.4 is 5.32 Å². The van der Waals surface area contributed by atoms with Crippen molar-refractivity contribution in [2.24, 2.45) is 5.92 Å². The van der Waals surface area contributed by atoms with E-state index in [1.165, 1.54) is 6.07 Å². The Labute approximate surface area is 201 Å². The Kier molecular flexibility index (Phi) is 7.61. The van der Waals surface area contributed by atoms with Crippen LogP contribution in [-0.4, -0.2) is 52.3 Å². The highest BCUT2D eigenvalue weighted by atomic mass is 19.1. The number of rotatable bonds is 6. The Balaban J connectivity index is 1.41. The summed E-state index contributed by atoms with van der Waals surface area (Å²) in [6.45, 7) is 8.81. The van der Waals surface area contributed by atoms with Gasteiger partial charge in [-0.15, -0.1) is 0 Å². The maximum atomic E-state index is 14.5. The molecule has 1 aromatic carbocycles.